The van der Waals surface area contributed by atoms with Crippen LogP contribution in [-0.4, -0.2) is 55.1 Å². The third kappa shape index (κ3) is 7.14. The number of urea groups is 1. The first-order valence-electron chi connectivity index (χ1n) is 9.51. The third-order valence-electron chi connectivity index (χ3n) is 4.45. The number of nitrogens with zero attached hydrogens (tertiary/aromatic N) is 2. The molecule has 6 nitrogen and oxygen atoms in total. The molecule has 3 amide bonds. The van der Waals surface area contributed by atoms with Crippen molar-refractivity contribution in [1.29, 1.82) is 0 Å². The van der Waals surface area contributed by atoms with Crippen LogP contribution in [0.4, 0.5) is 9.18 Å². The highest BCUT2D eigenvalue weighted by Crippen LogP contribution is 2.20. The van der Waals surface area contributed by atoms with E-state index in [4.69, 9.17) is 4.74 Å². The monoisotopic (exact) mass is 421 g/mol. The van der Waals surface area contributed by atoms with E-state index in [-0.39, 0.29) is 24.3 Å². The van der Waals surface area contributed by atoms with E-state index >= 15 is 0 Å². The highest BCUT2D eigenvalue weighted by atomic mass is 32.1. The molecule has 0 saturated carbocycles. The summed E-state index contributed by atoms with van der Waals surface area (Å²) in [6, 6.07) is 7.82. The highest BCUT2D eigenvalue weighted by Gasteiger charge is 2.22. The van der Waals surface area contributed by atoms with Crippen molar-refractivity contribution in [3.8, 4) is 0 Å². The third-order valence-corrected chi connectivity index (χ3v) is 5.46. The molecule has 0 aliphatic rings. The van der Waals surface area contributed by atoms with Gasteiger partial charge in [0.05, 0.1) is 13.2 Å². The lowest BCUT2D eigenvalue weighted by Gasteiger charge is -2.28. The summed E-state index contributed by atoms with van der Waals surface area (Å²) in [6.07, 6.45) is 0. The molecule has 0 aliphatic carbocycles. The van der Waals surface area contributed by atoms with Gasteiger partial charge in [-0.3, -0.25) is 4.79 Å². The minimum Gasteiger partial charge on any atom is -0.383 e. The predicted molar refractivity (Wildman–Crippen MR) is 112 cm³/mol. The van der Waals surface area contributed by atoms with Crippen molar-refractivity contribution in [1.82, 2.24) is 15.1 Å². The van der Waals surface area contributed by atoms with Gasteiger partial charge in [0.1, 0.15) is 12.4 Å². The fraction of sp³-hybridized carbons (Fsp3) is 0.429. The summed E-state index contributed by atoms with van der Waals surface area (Å²) in [5, 5.41) is 4.72. The van der Waals surface area contributed by atoms with E-state index in [1.54, 1.807) is 35.5 Å². The van der Waals surface area contributed by atoms with E-state index in [9.17, 15) is 14.0 Å². The second kappa shape index (κ2) is 11.5. The standard InChI is InChI=1S/C21H28FN3O3S/c1-4-23-21(27)24(10-11-28-3)15-20(26)25(14-19-16(2)9-12-29-19)13-17-5-7-18(22)8-6-17/h5-9,12H,4,10-11,13-15H2,1-3H3,(H,23,27). The Morgan fingerprint density at radius 1 is 1.14 bits per heavy atom. The molecule has 0 atom stereocenters. The van der Waals surface area contributed by atoms with Crippen molar-refractivity contribution in [2.75, 3.05) is 33.4 Å². The molecule has 0 fully saturated rings. The number of carbonyl (C=O) groups is 2. The van der Waals surface area contributed by atoms with Crippen molar-refractivity contribution in [3.63, 3.8) is 0 Å². The Morgan fingerprint density at radius 3 is 2.45 bits per heavy atom. The zero-order valence-electron chi connectivity index (χ0n) is 17.1. The Bertz CT molecular complexity index is 795. The molecule has 2 aromatic rings. The first-order chi connectivity index (χ1) is 13.9. The van der Waals surface area contributed by atoms with E-state index in [1.165, 1.54) is 17.0 Å². The number of amides is 3. The van der Waals surface area contributed by atoms with Crippen LogP contribution in [0.15, 0.2) is 35.7 Å². The first-order valence-corrected chi connectivity index (χ1v) is 10.4. The topological polar surface area (TPSA) is 61.9 Å². The molecule has 0 radical (unpaired) electrons. The maximum absolute atomic E-state index is 13.3. The Hall–Kier alpha value is -2.45. The summed E-state index contributed by atoms with van der Waals surface area (Å²) in [5.41, 5.74) is 1.95. The fourth-order valence-electron chi connectivity index (χ4n) is 2.76. The fourth-order valence-corrected chi connectivity index (χ4v) is 3.68. The van der Waals surface area contributed by atoms with E-state index < -0.39 is 0 Å². The van der Waals surface area contributed by atoms with Crippen LogP contribution in [0.3, 0.4) is 0 Å². The second-order valence-electron chi connectivity index (χ2n) is 6.65. The minimum absolute atomic E-state index is 0.0548. The van der Waals surface area contributed by atoms with Gasteiger partial charge >= 0.3 is 6.03 Å². The Morgan fingerprint density at radius 2 is 1.86 bits per heavy atom. The maximum atomic E-state index is 13.3. The minimum atomic E-state index is -0.317. The quantitative estimate of drug-likeness (QED) is 0.640. The van der Waals surface area contributed by atoms with Gasteiger partial charge in [-0.15, -0.1) is 11.3 Å². The van der Waals surface area contributed by atoms with Crippen LogP contribution in [0.2, 0.25) is 0 Å². The zero-order chi connectivity index (χ0) is 21.2. The van der Waals surface area contributed by atoms with Gasteiger partial charge in [-0.1, -0.05) is 12.1 Å². The number of carbonyl (C=O) groups excluding carboxylic acids is 2. The van der Waals surface area contributed by atoms with E-state index in [0.29, 0.717) is 32.8 Å². The number of methoxy groups -OCH3 is 1. The van der Waals surface area contributed by atoms with E-state index in [2.05, 4.69) is 5.32 Å². The average Bonchev–Trinajstić information content (AvgIpc) is 3.10. The number of ether oxygens (including phenoxy) is 1. The number of nitrogens with one attached hydrogen (secondary N) is 1. The van der Waals surface area contributed by atoms with Crippen LogP contribution in [0.25, 0.3) is 0 Å². The van der Waals surface area contributed by atoms with Crippen LogP contribution >= 0.6 is 11.3 Å². The molecular formula is C21H28FN3O3S. The van der Waals surface area contributed by atoms with Gasteiger partial charge < -0.3 is 19.9 Å². The lowest BCUT2D eigenvalue weighted by molar-refractivity contribution is -0.133. The first kappa shape index (κ1) is 22.8. The summed E-state index contributed by atoms with van der Waals surface area (Å²) < 4.78 is 18.3. The molecule has 158 valence electrons. The lowest BCUT2D eigenvalue weighted by Crippen LogP contribution is -2.47. The van der Waals surface area contributed by atoms with Crippen molar-refractivity contribution in [2.24, 2.45) is 0 Å². The molecule has 1 N–H and O–H groups in total. The smallest absolute Gasteiger partial charge is 0.317 e. The summed E-state index contributed by atoms with van der Waals surface area (Å²) in [4.78, 5) is 29.7. The van der Waals surface area contributed by atoms with Crippen molar-refractivity contribution in [3.05, 3.63) is 57.5 Å². The summed E-state index contributed by atoms with van der Waals surface area (Å²) >= 11 is 1.59. The van der Waals surface area contributed by atoms with E-state index in [1.807, 2.05) is 25.3 Å². The number of hydrogen-bond acceptors (Lipinski definition) is 4. The predicted octanol–water partition coefficient (Wildman–Crippen LogP) is 3.40. The van der Waals surface area contributed by atoms with Crippen LogP contribution in [-0.2, 0) is 22.6 Å². The van der Waals surface area contributed by atoms with Crippen molar-refractivity contribution in [2.45, 2.75) is 26.9 Å². The number of halogens is 1. The van der Waals surface area contributed by atoms with Crippen LogP contribution in [0.1, 0.15) is 22.9 Å². The average molecular weight is 422 g/mol. The lowest BCUT2D eigenvalue weighted by atomic mass is 10.2. The van der Waals surface area contributed by atoms with Crippen molar-refractivity contribution >= 4 is 23.3 Å². The molecular weight excluding hydrogens is 393 g/mol. The summed E-state index contributed by atoms with van der Waals surface area (Å²) in [7, 11) is 1.55. The van der Waals surface area contributed by atoms with Crippen molar-refractivity contribution < 1.29 is 18.7 Å². The Kier molecular flexibility index (Phi) is 9.08. The molecule has 0 unspecified atom stereocenters. The molecule has 0 aliphatic heterocycles. The Balaban J connectivity index is 2.17. The van der Waals surface area contributed by atoms with Gasteiger partial charge in [-0.2, -0.15) is 0 Å². The number of aryl methyl sites for hydroxylation is 1. The Labute approximate surface area is 175 Å². The molecule has 1 aromatic heterocycles. The SMILES string of the molecule is CCNC(=O)N(CCOC)CC(=O)N(Cc1ccc(F)cc1)Cc1sccc1C. The molecule has 0 saturated heterocycles. The van der Waals surface area contributed by atoms with Crippen LogP contribution < -0.4 is 5.32 Å². The van der Waals surface area contributed by atoms with Gasteiger partial charge in [0, 0.05) is 31.6 Å². The van der Waals surface area contributed by atoms with Gasteiger partial charge in [0.25, 0.3) is 0 Å². The maximum Gasteiger partial charge on any atom is 0.317 e. The summed E-state index contributed by atoms with van der Waals surface area (Å²) in [5.74, 6) is -0.493. The molecule has 1 heterocycles. The number of rotatable bonds is 10. The van der Waals surface area contributed by atoms with E-state index in [0.717, 1.165) is 16.0 Å². The largest absolute Gasteiger partial charge is 0.383 e. The molecule has 0 bridgehead atoms. The van der Waals surface area contributed by atoms with Gasteiger partial charge in [0.15, 0.2) is 0 Å². The molecule has 1 aromatic carbocycles. The molecule has 29 heavy (non-hydrogen) atoms. The van der Waals surface area contributed by atoms with Gasteiger partial charge in [0.2, 0.25) is 5.91 Å². The zero-order valence-corrected chi connectivity index (χ0v) is 17.9. The molecule has 8 heteroatoms. The molecule has 2 rings (SSSR count). The number of thiophene rings is 1. The van der Waals surface area contributed by atoms with Gasteiger partial charge in [-0.25, -0.2) is 9.18 Å². The van der Waals surface area contributed by atoms with Crippen LogP contribution in [0, 0.1) is 12.7 Å². The molecule has 0 spiro atoms. The number of hydrogen-bond donors (Lipinski definition) is 1. The highest BCUT2D eigenvalue weighted by molar-refractivity contribution is 7.10. The normalized spacial score (nSPS) is 10.6. The summed E-state index contributed by atoms with van der Waals surface area (Å²) in [6.45, 7) is 5.69. The van der Waals surface area contributed by atoms with Crippen LogP contribution in [0.5, 0.6) is 0 Å². The van der Waals surface area contributed by atoms with Gasteiger partial charge in [-0.05, 0) is 48.6 Å². The number of benzene rings is 1. The second-order valence-corrected chi connectivity index (χ2v) is 7.65.